The second-order valence-corrected chi connectivity index (χ2v) is 8.41. The van der Waals surface area contributed by atoms with Gasteiger partial charge in [-0.25, -0.2) is 9.69 Å². The number of imide groups is 1. The van der Waals surface area contributed by atoms with Crippen LogP contribution in [-0.2, 0) is 19.1 Å². The third-order valence-corrected chi connectivity index (χ3v) is 6.65. The van der Waals surface area contributed by atoms with Crippen molar-refractivity contribution in [3.63, 3.8) is 0 Å². The molecule has 6 heteroatoms. The van der Waals surface area contributed by atoms with Gasteiger partial charge in [0.25, 0.3) is 0 Å². The average Bonchev–Trinajstić information content (AvgIpc) is 3.24. The molecule has 2 fully saturated rings. The van der Waals surface area contributed by atoms with Crippen molar-refractivity contribution in [3.05, 3.63) is 65.7 Å². The summed E-state index contributed by atoms with van der Waals surface area (Å²) in [7, 11) is 0. The van der Waals surface area contributed by atoms with E-state index < -0.39 is 23.3 Å². The smallest absolute Gasteiger partial charge is 0.368 e. The lowest BCUT2D eigenvalue weighted by atomic mass is 9.76. The minimum absolute atomic E-state index is 0.231. The van der Waals surface area contributed by atoms with E-state index in [9.17, 15) is 14.4 Å². The van der Waals surface area contributed by atoms with Gasteiger partial charge in [0.15, 0.2) is 0 Å². The van der Waals surface area contributed by atoms with Crippen LogP contribution < -0.4 is 10.2 Å². The van der Waals surface area contributed by atoms with Gasteiger partial charge in [0.05, 0.1) is 12.3 Å². The van der Waals surface area contributed by atoms with Crippen molar-refractivity contribution in [2.75, 3.05) is 11.5 Å². The van der Waals surface area contributed by atoms with Crippen LogP contribution in [0.3, 0.4) is 0 Å². The van der Waals surface area contributed by atoms with Crippen LogP contribution in [0.4, 0.5) is 5.69 Å². The van der Waals surface area contributed by atoms with Gasteiger partial charge in [-0.15, -0.1) is 0 Å². The summed E-state index contributed by atoms with van der Waals surface area (Å²) in [5.41, 5.74) is 1.45. The summed E-state index contributed by atoms with van der Waals surface area (Å²) in [4.78, 5) is 42.0. The van der Waals surface area contributed by atoms with Crippen LogP contribution in [0.25, 0.3) is 0 Å². The lowest BCUT2D eigenvalue weighted by Crippen LogP contribution is -2.98. The highest BCUT2D eigenvalue weighted by Gasteiger charge is 2.72. The lowest BCUT2D eigenvalue weighted by Gasteiger charge is -2.29. The van der Waals surface area contributed by atoms with E-state index in [0.717, 1.165) is 11.1 Å². The molecule has 0 bridgehead atoms. The van der Waals surface area contributed by atoms with Gasteiger partial charge in [0.2, 0.25) is 17.4 Å². The number of quaternary nitrogens is 1. The summed E-state index contributed by atoms with van der Waals surface area (Å²) in [6.07, 6.45) is 1.17. The number of carbonyl (C=O) groups is 3. The maximum Gasteiger partial charge on any atom is 0.368 e. The van der Waals surface area contributed by atoms with Gasteiger partial charge in [-0.1, -0.05) is 49.4 Å². The Labute approximate surface area is 182 Å². The SMILES string of the molecule is CCC[C@@]1(C(=O)OCC)[NH2+][C@@H](c2ccccc2C)[C@H]2C(=O)N(c3ccccc3)C(=O)[C@H]21. The highest BCUT2D eigenvalue weighted by atomic mass is 16.5. The van der Waals surface area contributed by atoms with Crippen LogP contribution in [0, 0.1) is 18.8 Å². The van der Waals surface area contributed by atoms with Crippen LogP contribution in [-0.4, -0.2) is 29.9 Å². The fourth-order valence-electron chi connectivity index (χ4n) is 5.41. The Morgan fingerprint density at radius 1 is 1.03 bits per heavy atom. The first-order chi connectivity index (χ1) is 15.0. The van der Waals surface area contributed by atoms with Crippen molar-refractivity contribution in [1.29, 1.82) is 0 Å². The molecule has 2 N–H and O–H groups in total. The molecule has 0 aromatic heterocycles. The molecule has 2 saturated heterocycles. The van der Waals surface area contributed by atoms with Crippen molar-refractivity contribution >= 4 is 23.5 Å². The number of nitrogens with two attached hydrogens (primary N) is 1. The number of ether oxygens (including phenoxy) is 1. The van der Waals surface area contributed by atoms with Crippen LogP contribution in [0.1, 0.15) is 43.9 Å². The molecule has 2 aliphatic rings. The normalized spacial score (nSPS) is 27.5. The third kappa shape index (κ3) is 3.26. The van der Waals surface area contributed by atoms with Crippen LogP contribution in [0.15, 0.2) is 54.6 Å². The minimum atomic E-state index is -1.11. The molecule has 0 radical (unpaired) electrons. The zero-order valence-electron chi connectivity index (χ0n) is 18.2. The molecule has 162 valence electrons. The monoisotopic (exact) mass is 421 g/mol. The molecule has 0 unspecified atom stereocenters. The number of anilines is 1. The molecule has 4 atom stereocenters. The molecule has 0 aliphatic carbocycles. The maximum absolute atomic E-state index is 13.7. The Kier molecular flexibility index (Phi) is 5.67. The van der Waals surface area contributed by atoms with Gasteiger partial charge < -0.3 is 10.1 Å². The fraction of sp³-hybridized carbons (Fsp3) is 0.400. The first kappa shape index (κ1) is 21.2. The van der Waals surface area contributed by atoms with E-state index in [1.54, 1.807) is 31.2 Å². The van der Waals surface area contributed by atoms with Crippen molar-refractivity contribution in [3.8, 4) is 0 Å². The summed E-state index contributed by atoms with van der Waals surface area (Å²) in [5, 5.41) is 1.95. The summed E-state index contributed by atoms with van der Waals surface area (Å²) in [6.45, 7) is 5.98. The van der Waals surface area contributed by atoms with Gasteiger partial charge in [-0.2, -0.15) is 0 Å². The zero-order valence-corrected chi connectivity index (χ0v) is 18.2. The van der Waals surface area contributed by atoms with Crippen molar-refractivity contribution in [1.82, 2.24) is 0 Å². The van der Waals surface area contributed by atoms with Crippen LogP contribution in [0.5, 0.6) is 0 Å². The number of carbonyl (C=O) groups excluding carboxylic acids is 3. The number of rotatable bonds is 6. The third-order valence-electron chi connectivity index (χ3n) is 6.65. The molecule has 6 nitrogen and oxygen atoms in total. The summed E-state index contributed by atoms with van der Waals surface area (Å²) in [6, 6.07) is 16.5. The molecule has 4 rings (SSSR count). The van der Waals surface area contributed by atoms with Crippen molar-refractivity contribution in [2.45, 2.75) is 45.2 Å². The quantitative estimate of drug-likeness (QED) is 0.574. The number of nitrogens with zero attached hydrogens (tertiary/aromatic N) is 1. The number of hydrogen-bond acceptors (Lipinski definition) is 4. The Morgan fingerprint density at radius 3 is 2.35 bits per heavy atom. The number of esters is 1. The van der Waals surface area contributed by atoms with Gasteiger partial charge in [-0.05, 0) is 38.0 Å². The van der Waals surface area contributed by atoms with E-state index in [1.807, 2.05) is 49.5 Å². The zero-order chi connectivity index (χ0) is 22.2. The van der Waals surface area contributed by atoms with Crippen LogP contribution >= 0.6 is 0 Å². The van der Waals surface area contributed by atoms with Crippen LogP contribution in [0.2, 0.25) is 0 Å². The highest BCUT2D eigenvalue weighted by Crippen LogP contribution is 2.47. The molecular weight excluding hydrogens is 392 g/mol. The average molecular weight is 422 g/mol. The van der Waals surface area contributed by atoms with E-state index in [1.165, 1.54) is 4.90 Å². The number of benzene rings is 2. The summed E-state index contributed by atoms with van der Waals surface area (Å²) < 4.78 is 5.48. The van der Waals surface area contributed by atoms with E-state index in [-0.39, 0.29) is 24.5 Å². The Balaban J connectivity index is 1.88. The minimum Gasteiger partial charge on any atom is -0.461 e. The Hall–Kier alpha value is -2.99. The molecule has 0 spiro atoms. The Morgan fingerprint density at radius 2 is 1.71 bits per heavy atom. The number of hydrogen-bond donors (Lipinski definition) is 1. The van der Waals surface area contributed by atoms with Gasteiger partial charge in [0.1, 0.15) is 17.9 Å². The predicted octanol–water partition coefficient (Wildman–Crippen LogP) is 2.52. The number of para-hydroxylation sites is 1. The molecule has 2 heterocycles. The molecule has 2 aliphatic heterocycles. The lowest BCUT2D eigenvalue weighted by molar-refractivity contribution is -0.734. The van der Waals surface area contributed by atoms with E-state index in [2.05, 4.69) is 0 Å². The first-order valence-corrected chi connectivity index (χ1v) is 11.0. The Bertz CT molecular complexity index is 1010. The highest BCUT2D eigenvalue weighted by molar-refractivity contribution is 6.23. The number of aryl methyl sites for hydroxylation is 1. The van der Waals surface area contributed by atoms with E-state index in [0.29, 0.717) is 18.5 Å². The number of fused-ring (bicyclic) bond motifs is 1. The molecular formula is C25H29N2O4+. The van der Waals surface area contributed by atoms with Crippen molar-refractivity contribution < 1.29 is 24.4 Å². The molecule has 31 heavy (non-hydrogen) atoms. The van der Waals surface area contributed by atoms with Gasteiger partial charge >= 0.3 is 5.97 Å². The summed E-state index contributed by atoms with van der Waals surface area (Å²) >= 11 is 0. The maximum atomic E-state index is 13.7. The second-order valence-electron chi connectivity index (χ2n) is 8.41. The molecule has 2 amide bonds. The molecule has 0 saturated carbocycles. The topological polar surface area (TPSA) is 80.3 Å². The largest absolute Gasteiger partial charge is 0.461 e. The second kappa shape index (κ2) is 8.27. The molecule has 2 aromatic rings. The van der Waals surface area contributed by atoms with Gasteiger partial charge in [-0.3, -0.25) is 9.59 Å². The van der Waals surface area contributed by atoms with E-state index in [4.69, 9.17) is 4.74 Å². The fourth-order valence-corrected chi connectivity index (χ4v) is 5.41. The predicted molar refractivity (Wildman–Crippen MR) is 116 cm³/mol. The van der Waals surface area contributed by atoms with Gasteiger partial charge in [0, 0.05) is 12.0 Å². The molecule has 2 aromatic carbocycles. The summed E-state index contributed by atoms with van der Waals surface area (Å²) in [5.74, 6) is -2.34. The number of amides is 2. The van der Waals surface area contributed by atoms with Crippen molar-refractivity contribution in [2.24, 2.45) is 11.8 Å². The standard InChI is InChI=1S/C25H28N2O4/c1-4-15-25(24(30)31-5-2)20-19(21(26-25)18-14-10-9-11-16(18)3)22(28)27(23(20)29)17-12-7-6-8-13-17/h6-14,19-21,26H,4-5,15H2,1-3H3/p+1/t19-,20-,21-,25+/m0/s1. The van der Waals surface area contributed by atoms with E-state index >= 15 is 0 Å². The first-order valence-electron chi connectivity index (χ1n) is 11.0.